The lowest BCUT2D eigenvalue weighted by Gasteiger charge is -2.18. The van der Waals surface area contributed by atoms with Crippen LogP contribution in [0.4, 0.5) is 0 Å². The summed E-state index contributed by atoms with van der Waals surface area (Å²) in [6, 6.07) is 0. The van der Waals surface area contributed by atoms with Crippen LogP contribution >= 0.6 is 0 Å². The van der Waals surface area contributed by atoms with Crippen molar-refractivity contribution in [3.8, 4) is 0 Å². The Bertz CT molecular complexity index is 1290. The number of ether oxygens (including phenoxy) is 3. The highest BCUT2D eigenvalue weighted by Crippen LogP contribution is 2.17. The summed E-state index contributed by atoms with van der Waals surface area (Å²) in [6.07, 6.45) is 76.5. The third-order valence-electron chi connectivity index (χ3n) is 13.7. The van der Waals surface area contributed by atoms with Crippen molar-refractivity contribution in [3.05, 3.63) is 60.8 Å². The molecule has 0 radical (unpaired) electrons. The molecule has 0 aliphatic carbocycles. The predicted octanol–water partition coefficient (Wildman–Crippen LogP) is 21.2. The fourth-order valence-electron chi connectivity index (χ4n) is 9.02. The summed E-state index contributed by atoms with van der Waals surface area (Å²) in [5, 5.41) is 0. The average molecular weight is 1010 g/mol. The first-order valence-corrected chi connectivity index (χ1v) is 31.3. The van der Waals surface area contributed by atoms with E-state index >= 15 is 0 Å². The van der Waals surface area contributed by atoms with Crippen molar-refractivity contribution < 1.29 is 28.6 Å². The molecule has 0 heterocycles. The molecule has 0 aromatic carbocycles. The Labute approximate surface area is 447 Å². The molecule has 418 valence electrons. The summed E-state index contributed by atoms with van der Waals surface area (Å²) < 4.78 is 16.9. The number of esters is 3. The molecule has 0 aromatic heterocycles. The van der Waals surface area contributed by atoms with Crippen LogP contribution in [0.2, 0.25) is 0 Å². The summed E-state index contributed by atoms with van der Waals surface area (Å²) in [6.45, 7) is 6.59. The quantitative estimate of drug-likeness (QED) is 0.0261. The zero-order valence-corrected chi connectivity index (χ0v) is 47.9. The van der Waals surface area contributed by atoms with E-state index in [4.69, 9.17) is 14.2 Å². The van der Waals surface area contributed by atoms with E-state index in [1.54, 1.807) is 0 Å². The number of allylic oxidation sites excluding steroid dienone is 10. The Morgan fingerprint density at radius 1 is 0.278 bits per heavy atom. The van der Waals surface area contributed by atoms with Crippen molar-refractivity contribution >= 4 is 17.9 Å². The van der Waals surface area contributed by atoms with Crippen molar-refractivity contribution in [1.82, 2.24) is 0 Å². The molecule has 72 heavy (non-hydrogen) atoms. The van der Waals surface area contributed by atoms with Gasteiger partial charge in [0.2, 0.25) is 0 Å². The van der Waals surface area contributed by atoms with Gasteiger partial charge in [0.1, 0.15) is 13.2 Å². The van der Waals surface area contributed by atoms with E-state index in [1.807, 2.05) is 0 Å². The zero-order chi connectivity index (χ0) is 52.2. The second-order valence-corrected chi connectivity index (χ2v) is 21.0. The smallest absolute Gasteiger partial charge is 0.306 e. The van der Waals surface area contributed by atoms with Crippen molar-refractivity contribution in [2.45, 2.75) is 329 Å². The third-order valence-corrected chi connectivity index (χ3v) is 13.7. The van der Waals surface area contributed by atoms with Crippen LogP contribution in [-0.2, 0) is 28.6 Å². The summed E-state index contributed by atoms with van der Waals surface area (Å²) >= 11 is 0. The molecule has 1 atom stereocenters. The van der Waals surface area contributed by atoms with Crippen LogP contribution in [0, 0.1) is 0 Å². The molecule has 0 N–H and O–H groups in total. The normalized spacial score (nSPS) is 12.4. The summed E-state index contributed by atoms with van der Waals surface area (Å²) in [5.74, 6) is -0.880. The van der Waals surface area contributed by atoms with Crippen molar-refractivity contribution in [2.24, 2.45) is 0 Å². The van der Waals surface area contributed by atoms with Crippen LogP contribution in [0.3, 0.4) is 0 Å². The maximum Gasteiger partial charge on any atom is 0.306 e. The predicted molar refractivity (Wildman–Crippen MR) is 312 cm³/mol. The van der Waals surface area contributed by atoms with Crippen LogP contribution < -0.4 is 0 Å². The topological polar surface area (TPSA) is 78.9 Å². The van der Waals surface area contributed by atoms with Crippen LogP contribution in [0.5, 0.6) is 0 Å². The largest absolute Gasteiger partial charge is 0.462 e. The SMILES string of the molecule is CCC/C=C\C/C=C\CCCCCCCC(=O)OCC(COC(=O)CCCCCCCCCCCC/C=C\C/C=C\C/C=C\CCCCCCC)OC(=O)CCCCCCCCCCCCCCCCCC. The van der Waals surface area contributed by atoms with Crippen LogP contribution in [0.25, 0.3) is 0 Å². The lowest BCUT2D eigenvalue weighted by Crippen LogP contribution is -2.30. The molecule has 0 saturated heterocycles. The molecule has 0 aliphatic heterocycles. The Balaban J connectivity index is 4.29. The van der Waals surface area contributed by atoms with Crippen molar-refractivity contribution in [2.75, 3.05) is 13.2 Å². The number of carbonyl (C=O) groups excluding carboxylic acids is 3. The van der Waals surface area contributed by atoms with Gasteiger partial charge in [-0.3, -0.25) is 14.4 Å². The maximum absolute atomic E-state index is 12.9. The number of carbonyl (C=O) groups is 3. The first kappa shape index (κ1) is 69.1. The first-order valence-electron chi connectivity index (χ1n) is 31.3. The molecule has 0 rings (SSSR count). The number of hydrogen-bond donors (Lipinski definition) is 0. The van der Waals surface area contributed by atoms with Crippen LogP contribution in [-0.4, -0.2) is 37.2 Å². The maximum atomic E-state index is 12.9. The van der Waals surface area contributed by atoms with Crippen LogP contribution in [0.15, 0.2) is 60.8 Å². The number of rotatable bonds is 57. The number of hydrogen-bond acceptors (Lipinski definition) is 6. The standard InChI is InChI=1S/C66H118O6/c1-4-7-10-13-16-19-22-25-27-29-30-31-32-33-34-35-36-37-39-41-44-47-50-53-56-59-65(68)71-62-63(61-70-64(67)58-55-52-49-46-43-40-24-21-18-15-12-9-6-3)72-66(69)60-57-54-51-48-45-42-38-28-26-23-20-17-14-11-8-5-2/h12,15,21-22,24-25,29-30,32-33,63H,4-11,13-14,16-20,23,26-28,31,34-62H2,1-3H3/b15-12-,24-21-,25-22-,30-29-,33-32-. The highest BCUT2D eigenvalue weighted by atomic mass is 16.6. The molecular formula is C66H118O6. The summed E-state index contributed by atoms with van der Waals surface area (Å²) in [4.78, 5) is 38.2. The van der Waals surface area contributed by atoms with Gasteiger partial charge in [-0.1, -0.05) is 281 Å². The fraction of sp³-hybridized carbons (Fsp3) is 0.803. The molecule has 0 aliphatic rings. The minimum absolute atomic E-state index is 0.0780. The van der Waals surface area contributed by atoms with E-state index in [9.17, 15) is 14.4 Å². The second kappa shape index (κ2) is 60.7. The van der Waals surface area contributed by atoms with Gasteiger partial charge in [0, 0.05) is 19.3 Å². The third kappa shape index (κ3) is 58.0. The molecule has 0 amide bonds. The zero-order valence-electron chi connectivity index (χ0n) is 47.9. The summed E-state index contributed by atoms with van der Waals surface area (Å²) in [5.41, 5.74) is 0. The van der Waals surface area contributed by atoms with Gasteiger partial charge in [-0.25, -0.2) is 0 Å². The Hall–Kier alpha value is -2.89. The number of unbranched alkanes of at least 4 members (excludes halogenated alkanes) is 36. The van der Waals surface area contributed by atoms with Gasteiger partial charge in [-0.05, 0) is 83.5 Å². The monoisotopic (exact) mass is 1010 g/mol. The van der Waals surface area contributed by atoms with E-state index in [0.717, 1.165) is 96.3 Å². The van der Waals surface area contributed by atoms with Gasteiger partial charge >= 0.3 is 17.9 Å². The molecule has 0 bridgehead atoms. The second-order valence-electron chi connectivity index (χ2n) is 21.0. The van der Waals surface area contributed by atoms with E-state index < -0.39 is 6.10 Å². The Morgan fingerprint density at radius 2 is 0.528 bits per heavy atom. The van der Waals surface area contributed by atoms with Gasteiger partial charge in [-0.2, -0.15) is 0 Å². The van der Waals surface area contributed by atoms with E-state index in [0.29, 0.717) is 19.3 Å². The van der Waals surface area contributed by atoms with Gasteiger partial charge in [0.05, 0.1) is 0 Å². The minimum atomic E-state index is -0.780. The van der Waals surface area contributed by atoms with Crippen LogP contribution in [0.1, 0.15) is 323 Å². The van der Waals surface area contributed by atoms with E-state index in [1.165, 1.54) is 186 Å². The molecule has 0 fully saturated rings. The minimum Gasteiger partial charge on any atom is -0.462 e. The Kier molecular flexibility index (Phi) is 58.2. The fourth-order valence-corrected chi connectivity index (χ4v) is 9.02. The molecule has 0 aromatic rings. The van der Waals surface area contributed by atoms with E-state index in [-0.39, 0.29) is 31.1 Å². The summed E-state index contributed by atoms with van der Waals surface area (Å²) in [7, 11) is 0. The van der Waals surface area contributed by atoms with Gasteiger partial charge < -0.3 is 14.2 Å². The highest BCUT2D eigenvalue weighted by Gasteiger charge is 2.19. The molecule has 6 nitrogen and oxygen atoms in total. The molecular weight excluding hydrogens is 889 g/mol. The lowest BCUT2D eigenvalue weighted by molar-refractivity contribution is -0.167. The van der Waals surface area contributed by atoms with Gasteiger partial charge in [-0.15, -0.1) is 0 Å². The van der Waals surface area contributed by atoms with Crippen molar-refractivity contribution in [1.29, 1.82) is 0 Å². The average Bonchev–Trinajstić information content (AvgIpc) is 3.38. The Morgan fingerprint density at radius 3 is 0.833 bits per heavy atom. The van der Waals surface area contributed by atoms with Gasteiger partial charge in [0.15, 0.2) is 6.10 Å². The van der Waals surface area contributed by atoms with E-state index in [2.05, 4.69) is 81.5 Å². The highest BCUT2D eigenvalue weighted by molar-refractivity contribution is 5.71. The molecule has 0 saturated carbocycles. The molecule has 0 spiro atoms. The van der Waals surface area contributed by atoms with Crippen molar-refractivity contribution in [3.63, 3.8) is 0 Å². The van der Waals surface area contributed by atoms with Gasteiger partial charge in [0.25, 0.3) is 0 Å². The molecule has 6 heteroatoms. The first-order chi connectivity index (χ1) is 35.5. The molecule has 1 unspecified atom stereocenters. The lowest BCUT2D eigenvalue weighted by atomic mass is 10.0.